The smallest absolute Gasteiger partial charge is 0.367 e. The highest BCUT2D eigenvalue weighted by Crippen LogP contribution is 2.59. The van der Waals surface area contributed by atoms with E-state index in [2.05, 4.69) is 0 Å². The molecule has 0 spiro atoms. The molecule has 0 fully saturated rings. The molecule has 0 unspecified atom stereocenters. The summed E-state index contributed by atoms with van der Waals surface area (Å²) in [5.74, 6) is -6.60. The minimum atomic E-state index is -2.85. The fourth-order valence-electron chi connectivity index (χ4n) is 11.1. The Balaban J connectivity index is 1.05. The standard InChI is InChI=1S/C72H40N6O12S2/c73-33-45(34-74)59-47-25-13-15-27-49(47)63(79)61(59)77-57-31-53-65(91-57)51-30-56-52(29-55(51)89-71(53,67(81)85-37-41-17-5-1-6-18-41)68(82)86-38-42-19-7-2-8-20-42)66-54(32-58(92-66)78-62-60(46(35-75)36-76)48-26-14-16-28-50(48)64(62)80)72(90-56,69(83)87-39-43-21-9-3-10-22-43)70(84)88-40-44-23-11-4-12-24-44/h1-32H,37-40H2. The van der Waals surface area contributed by atoms with E-state index in [1.165, 1.54) is 36.4 Å². The molecule has 4 heterocycles. The van der Waals surface area contributed by atoms with Crippen LogP contribution in [-0.2, 0) is 75.8 Å². The van der Waals surface area contributed by atoms with Crippen molar-refractivity contribution in [3.8, 4) is 56.7 Å². The van der Waals surface area contributed by atoms with Crippen LogP contribution in [-0.4, -0.2) is 46.9 Å². The number of fused-ring (bicyclic) bond motifs is 8. The van der Waals surface area contributed by atoms with Crippen LogP contribution >= 0.6 is 22.7 Å². The Bertz CT molecular complexity index is 4490. The summed E-state index contributed by atoms with van der Waals surface area (Å²) < 4.78 is 38.0. The van der Waals surface area contributed by atoms with E-state index in [9.17, 15) is 30.6 Å². The van der Waals surface area contributed by atoms with E-state index >= 15 is 19.2 Å². The Hall–Kier alpha value is -12.5. The van der Waals surface area contributed by atoms with Gasteiger partial charge in [-0.2, -0.15) is 21.0 Å². The number of carbonyl (C=O) groups is 6. The highest BCUT2D eigenvalue weighted by Gasteiger charge is 2.61. The van der Waals surface area contributed by atoms with Gasteiger partial charge in [0, 0.05) is 54.3 Å². The third kappa shape index (κ3) is 10.2. The number of allylic oxidation sites excluding steroid dienone is 4. The molecule has 0 amide bonds. The van der Waals surface area contributed by atoms with Gasteiger partial charge in [0.2, 0.25) is 11.6 Å². The number of ether oxygens (including phenoxy) is 6. The number of nitriles is 4. The highest BCUT2D eigenvalue weighted by molar-refractivity contribution is 7.20. The third-order valence-electron chi connectivity index (χ3n) is 15.5. The molecule has 9 aromatic rings. The van der Waals surface area contributed by atoms with E-state index in [4.69, 9.17) is 38.4 Å². The predicted molar refractivity (Wildman–Crippen MR) is 335 cm³/mol. The normalized spacial score (nSPS) is 14.8. The zero-order chi connectivity index (χ0) is 63.7. The maximum atomic E-state index is 15.5. The summed E-state index contributed by atoms with van der Waals surface area (Å²) >= 11 is 1.73. The Morgan fingerprint density at radius 2 is 0.674 bits per heavy atom. The van der Waals surface area contributed by atoms with Gasteiger partial charge in [0.1, 0.15) is 94.8 Å². The van der Waals surface area contributed by atoms with E-state index in [-0.39, 0.29) is 125 Å². The number of benzene rings is 7. The molecule has 2 aliphatic heterocycles. The van der Waals surface area contributed by atoms with Gasteiger partial charge in [-0.05, 0) is 57.6 Å². The third-order valence-corrected chi connectivity index (χ3v) is 17.6. The van der Waals surface area contributed by atoms with Crippen molar-refractivity contribution < 1.29 is 57.2 Å². The van der Waals surface area contributed by atoms with Gasteiger partial charge in [-0.1, -0.05) is 170 Å². The average Bonchev–Trinajstić information content (AvgIpc) is 1.29. The van der Waals surface area contributed by atoms with Gasteiger partial charge < -0.3 is 28.4 Å². The van der Waals surface area contributed by atoms with E-state index < -0.39 is 57.8 Å². The summed E-state index contributed by atoms with van der Waals surface area (Å²) in [7, 11) is 0. The van der Waals surface area contributed by atoms with Gasteiger partial charge >= 0.3 is 35.1 Å². The summed E-state index contributed by atoms with van der Waals surface area (Å²) in [6.07, 6.45) is 0. The number of aliphatic imine (C=N–C) groups is 2. The molecule has 2 aliphatic carbocycles. The Kier molecular flexibility index (Phi) is 15.4. The molecule has 0 saturated heterocycles. The van der Waals surface area contributed by atoms with Crippen LogP contribution in [0.3, 0.4) is 0 Å². The number of rotatable bonds is 14. The number of hydrogen-bond acceptors (Lipinski definition) is 20. The lowest BCUT2D eigenvalue weighted by molar-refractivity contribution is -0.185. The number of thiophene rings is 2. The van der Waals surface area contributed by atoms with Crippen LogP contribution in [0, 0.1) is 45.3 Å². The molecule has 18 nitrogen and oxygen atoms in total. The summed E-state index contributed by atoms with van der Waals surface area (Å²) in [6.45, 7) is -1.43. The summed E-state index contributed by atoms with van der Waals surface area (Å²) in [6, 6.07) is 60.3. The van der Waals surface area contributed by atoms with Crippen LogP contribution in [0.25, 0.3) is 32.0 Å². The van der Waals surface area contributed by atoms with Gasteiger partial charge in [-0.25, -0.2) is 29.2 Å². The molecule has 442 valence electrons. The van der Waals surface area contributed by atoms with Crippen LogP contribution in [0.5, 0.6) is 11.5 Å². The molecule has 4 aliphatic rings. The summed E-state index contributed by atoms with van der Waals surface area (Å²) in [5, 5.41) is 40.9. The molecule has 0 bridgehead atoms. The van der Waals surface area contributed by atoms with Gasteiger partial charge in [-0.15, -0.1) is 22.7 Å². The van der Waals surface area contributed by atoms with Gasteiger partial charge in [0.25, 0.3) is 0 Å². The van der Waals surface area contributed by atoms with E-state index in [1.54, 1.807) is 158 Å². The molecule has 92 heavy (non-hydrogen) atoms. The van der Waals surface area contributed by atoms with Crippen LogP contribution in [0.1, 0.15) is 65.2 Å². The number of Topliss-reactive ketones (excluding diaryl/α,β-unsaturated/α-hetero) is 2. The Labute approximate surface area is 531 Å². The molecule has 0 radical (unpaired) electrons. The van der Waals surface area contributed by atoms with Crippen LogP contribution in [0.2, 0.25) is 0 Å². The van der Waals surface area contributed by atoms with Crippen molar-refractivity contribution in [1.29, 1.82) is 21.0 Å². The minimum Gasteiger partial charge on any atom is -0.459 e. The van der Waals surface area contributed by atoms with Crippen LogP contribution in [0.4, 0.5) is 10.0 Å². The second kappa shape index (κ2) is 24.3. The summed E-state index contributed by atoms with van der Waals surface area (Å²) in [5.41, 5.74) is -4.39. The van der Waals surface area contributed by atoms with Crippen LogP contribution in [0.15, 0.2) is 215 Å². The lowest BCUT2D eigenvalue weighted by atomic mass is 9.85. The predicted octanol–water partition coefficient (Wildman–Crippen LogP) is 12.8. The molecule has 2 aromatic heterocycles. The largest absolute Gasteiger partial charge is 0.459 e. The number of esters is 4. The first-order valence-corrected chi connectivity index (χ1v) is 29.8. The first-order valence-electron chi connectivity index (χ1n) is 28.1. The van der Waals surface area contributed by atoms with Gasteiger partial charge in [0.15, 0.2) is 0 Å². The van der Waals surface area contributed by atoms with Crippen molar-refractivity contribution in [1.82, 2.24) is 0 Å². The fourth-order valence-corrected chi connectivity index (χ4v) is 13.3. The second-order valence-electron chi connectivity index (χ2n) is 20.9. The van der Waals surface area contributed by atoms with E-state index in [1.807, 2.05) is 24.3 Å². The number of ketones is 2. The van der Waals surface area contributed by atoms with Crippen molar-refractivity contribution in [3.05, 3.63) is 261 Å². The highest BCUT2D eigenvalue weighted by atomic mass is 32.1. The SMILES string of the molecule is N#CC(C#N)=C1C(=Nc2cc3c(s2)-c2cc4c(cc2OC3(C(=O)OCc2ccccc2)C(=O)OCc2ccccc2)-c2sc(N=C3C(=O)c5ccccc5C3=C(C#N)C#N)cc2C(C(=O)OCc2ccccc2)(C(=O)OCc2ccccc2)O4)C(=O)c2ccccc21. The molecular weight excluding hydrogens is 1200 g/mol. The molecular formula is C72H40N6O12S2. The maximum Gasteiger partial charge on any atom is 0.367 e. The molecule has 0 atom stereocenters. The van der Waals surface area contributed by atoms with E-state index in [0.29, 0.717) is 22.3 Å². The number of carbonyl (C=O) groups excluding carboxylic acids is 6. The second-order valence-corrected chi connectivity index (χ2v) is 23.0. The molecule has 13 rings (SSSR count). The zero-order valence-corrected chi connectivity index (χ0v) is 49.3. The molecule has 7 aromatic carbocycles. The minimum absolute atomic E-state index is 0.0364. The average molecular weight is 1250 g/mol. The maximum absolute atomic E-state index is 15.5. The van der Waals surface area contributed by atoms with Gasteiger partial charge in [0.05, 0.1) is 0 Å². The Morgan fingerprint density at radius 3 is 0.967 bits per heavy atom. The topological polar surface area (TPSA) is 278 Å². The quantitative estimate of drug-likeness (QED) is 0.0423. The fraction of sp³-hybridized carbons (Fsp3) is 0.0833. The van der Waals surface area contributed by atoms with Crippen molar-refractivity contribution in [2.45, 2.75) is 37.6 Å². The lowest BCUT2D eigenvalue weighted by Gasteiger charge is -2.37. The molecule has 0 N–H and O–H groups in total. The number of hydrogen-bond donors (Lipinski definition) is 0. The molecule has 20 heteroatoms. The first-order chi connectivity index (χ1) is 44.9. The van der Waals surface area contributed by atoms with E-state index in [0.717, 1.165) is 22.7 Å². The number of nitrogens with zero attached hydrogens (tertiary/aromatic N) is 6. The van der Waals surface area contributed by atoms with Crippen LogP contribution < -0.4 is 9.47 Å². The molecule has 0 saturated carbocycles. The zero-order valence-electron chi connectivity index (χ0n) is 47.7. The summed E-state index contributed by atoms with van der Waals surface area (Å²) in [4.78, 5) is 101. The Morgan fingerprint density at radius 1 is 0.391 bits per heavy atom. The lowest BCUT2D eigenvalue weighted by Crippen LogP contribution is -2.52. The van der Waals surface area contributed by atoms with Crippen molar-refractivity contribution in [3.63, 3.8) is 0 Å². The van der Waals surface area contributed by atoms with Crippen molar-refractivity contribution >= 4 is 90.7 Å². The van der Waals surface area contributed by atoms with Crippen molar-refractivity contribution in [2.24, 2.45) is 9.98 Å². The monoisotopic (exact) mass is 1240 g/mol. The van der Waals surface area contributed by atoms with Gasteiger partial charge in [-0.3, -0.25) is 9.59 Å². The van der Waals surface area contributed by atoms with Crippen molar-refractivity contribution in [2.75, 3.05) is 0 Å². The first kappa shape index (κ1) is 58.6.